The van der Waals surface area contributed by atoms with Crippen LogP contribution in [0.15, 0.2) is 36.7 Å². The second-order valence-electron chi connectivity index (χ2n) is 5.27. The Hall–Kier alpha value is -2.18. The highest BCUT2D eigenvalue weighted by atomic mass is 35.5. The molecule has 1 aliphatic rings. The first-order valence-corrected chi connectivity index (χ1v) is 8.13. The van der Waals surface area contributed by atoms with Gasteiger partial charge in [0.25, 0.3) is 11.8 Å². The molecule has 2 aromatic heterocycles. The molecular formula is C16H14Cl2N4O2. The van der Waals surface area contributed by atoms with Crippen LogP contribution >= 0.6 is 23.2 Å². The molecule has 2 amide bonds. The first-order chi connectivity index (χ1) is 11.6. The molecule has 6 nitrogen and oxygen atoms in total. The Morgan fingerprint density at radius 3 is 1.50 bits per heavy atom. The van der Waals surface area contributed by atoms with Gasteiger partial charge in [-0.3, -0.25) is 9.59 Å². The van der Waals surface area contributed by atoms with Gasteiger partial charge in [0.15, 0.2) is 0 Å². The summed E-state index contributed by atoms with van der Waals surface area (Å²) in [5.41, 5.74) is 0.739. The van der Waals surface area contributed by atoms with Crippen molar-refractivity contribution >= 4 is 35.0 Å². The normalized spacial score (nSPS) is 14.6. The van der Waals surface area contributed by atoms with Crippen molar-refractivity contribution in [2.24, 2.45) is 0 Å². The third-order valence-electron chi connectivity index (χ3n) is 3.83. The topological polar surface area (TPSA) is 66.4 Å². The van der Waals surface area contributed by atoms with E-state index in [4.69, 9.17) is 23.2 Å². The molecular weight excluding hydrogens is 351 g/mol. The zero-order valence-electron chi connectivity index (χ0n) is 12.7. The molecule has 2 aromatic rings. The quantitative estimate of drug-likeness (QED) is 0.767. The summed E-state index contributed by atoms with van der Waals surface area (Å²) in [5.74, 6) is -0.362. The van der Waals surface area contributed by atoms with Gasteiger partial charge in [0.2, 0.25) is 0 Å². The molecule has 0 aromatic carbocycles. The Balaban J connectivity index is 1.66. The third kappa shape index (κ3) is 3.34. The zero-order valence-corrected chi connectivity index (χ0v) is 14.2. The smallest absolute Gasteiger partial charge is 0.257 e. The maximum absolute atomic E-state index is 12.5. The van der Waals surface area contributed by atoms with Gasteiger partial charge in [-0.15, -0.1) is 0 Å². The van der Waals surface area contributed by atoms with Crippen LogP contribution in [-0.2, 0) is 0 Å². The highest BCUT2D eigenvalue weighted by Crippen LogP contribution is 2.18. The van der Waals surface area contributed by atoms with Crippen LogP contribution in [-0.4, -0.2) is 57.8 Å². The van der Waals surface area contributed by atoms with Crippen LogP contribution in [0.2, 0.25) is 10.3 Å². The zero-order chi connectivity index (χ0) is 17.1. The number of rotatable bonds is 2. The summed E-state index contributed by atoms with van der Waals surface area (Å²) in [6.45, 7) is 1.70. The van der Waals surface area contributed by atoms with E-state index >= 15 is 0 Å². The molecule has 124 valence electrons. The summed E-state index contributed by atoms with van der Waals surface area (Å²) in [6.07, 6.45) is 3.07. The SMILES string of the molecule is O=C(c1cccnc1Cl)N1CCN(C(=O)c2cccnc2Cl)CC1. The van der Waals surface area contributed by atoms with Crippen molar-refractivity contribution in [1.29, 1.82) is 0 Å². The van der Waals surface area contributed by atoms with E-state index in [9.17, 15) is 9.59 Å². The number of amides is 2. The van der Waals surface area contributed by atoms with Crippen LogP contribution in [0.3, 0.4) is 0 Å². The highest BCUT2D eigenvalue weighted by molar-refractivity contribution is 6.33. The molecule has 0 aliphatic carbocycles. The van der Waals surface area contributed by atoms with Crippen LogP contribution in [0.1, 0.15) is 20.7 Å². The summed E-state index contributed by atoms with van der Waals surface area (Å²) >= 11 is 11.9. The summed E-state index contributed by atoms with van der Waals surface area (Å²) in [5, 5.41) is 0.367. The van der Waals surface area contributed by atoms with E-state index in [0.717, 1.165) is 0 Å². The van der Waals surface area contributed by atoms with E-state index in [1.54, 1.807) is 34.1 Å². The Bertz CT molecular complexity index is 711. The van der Waals surface area contributed by atoms with Crippen LogP contribution in [0.4, 0.5) is 0 Å². The third-order valence-corrected chi connectivity index (χ3v) is 4.44. The van der Waals surface area contributed by atoms with Crippen LogP contribution in [0.5, 0.6) is 0 Å². The summed E-state index contributed by atoms with van der Waals surface area (Å²) in [6, 6.07) is 6.63. The molecule has 24 heavy (non-hydrogen) atoms. The number of nitrogens with zero attached hydrogens (tertiary/aromatic N) is 4. The van der Waals surface area contributed by atoms with E-state index < -0.39 is 0 Å². The molecule has 8 heteroatoms. The molecule has 0 unspecified atom stereocenters. The number of aromatic nitrogens is 2. The summed E-state index contributed by atoms with van der Waals surface area (Å²) < 4.78 is 0. The van der Waals surface area contributed by atoms with E-state index in [2.05, 4.69) is 9.97 Å². The van der Waals surface area contributed by atoms with Crippen molar-refractivity contribution in [2.75, 3.05) is 26.2 Å². The number of halogens is 2. The lowest BCUT2D eigenvalue weighted by molar-refractivity contribution is 0.0535. The minimum Gasteiger partial charge on any atom is -0.335 e. The van der Waals surface area contributed by atoms with Gasteiger partial charge in [-0.05, 0) is 24.3 Å². The maximum Gasteiger partial charge on any atom is 0.257 e. The predicted octanol–water partition coefficient (Wildman–Crippen LogP) is 2.38. The van der Waals surface area contributed by atoms with Gasteiger partial charge in [0.1, 0.15) is 10.3 Å². The number of carbonyl (C=O) groups excluding carboxylic acids is 2. The van der Waals surface area contributed by atoms with Crippen LogP contribution in [0.25, 0.3) is 0 Å². The van der Waals surface area contributed by atoms with Crippen molar-refractivity contribution in [1.82, 2.24) is 19.8 Å². The molecule has 3 rings (SSSR count). The number of hydrogen-bond donors (Lipinski definition) is 0. The Morgan fingerprint density at radius 1 is 0.792 bits per heavy atom. The highest BCUT2D eigenvalue weighted by Gasteiger charge is 2.27. The Labute approximate surface area is 149 Å². The molecule has 3 heterocycles. The first kappa shape index (κ1) is 16.7. The van der Waals surface area contributed by atoms with Gasteiger partial charge in [-0.2, -0.15) is 0 Å². The molecule has 0 bridgehead atoms. The van der Waals surface area contributed by atoms with E-state index in [-0.39, 0.29) is 22.1 Å². The molecule has 1 aliphatic heterocycles. The second kappa shape index (κ2) is 7.15. The van der Waals surface area contributed by atoms with Crippen LogP contribution < -0.4 is 0 Å². The lowest BCUT2D eigenvalue weighted by Crippen LogP contribution is -2.50. The molecule has 1 fully saturated rings. The fourth-order valence-corrected chi connectivity index (χ4v) is 2.94. The van der Waals surface area contributed by atoms with Gasteiger partial charge in [-0.1, -0.05) is 23.2 Å². The average Bonchev–Trinajstić information content (AvgIpc) is 2.61. The monoisotopic (exact) mass is 364 g/mol. The number of pyridine rings is 2. The van der Waals surface area contributed by atoms with Gasteiger partial charge in [-0.25, -0.2) is 9.97 Å². The number of hydrogen-bond acceptors (Lipinski definition) is 4. The van der Waals surface area contributed by atoms with Crippen molar-refractivity contribution in [3.8, 4) is 0 Å². The number of piperazine rings is 1. The lowest BCUT2D eigenvalue weighted by atomic mass is 10.2. The Morgan fingerprint density at radius 2 is 1.17 bits per heavy atom. The minimum absolute atomic E-state index is 0.181. The fraction of sp³-hybridized carbons (Fsp3) is 0.250. The molecule has 0 radical (unpaired) electrons. The van der Waals surface area contributed by atoms with E-state index in [1.165, 1.54) is 12.4 Å². The van der Waals surface area contributed by atoms with E-state index in [0.29, 0.717) is 37.3 Å². The van der Waals surface area contributed by atoms with Crippen molar-refractivity contribution in [2.45, 2.75) is 0 Å². The molecule has 0 saturated carbocycles. The minimum atomic E-state index is -0.181. The maximum atomic E-state index is 12.5. The Kier molecular flexibility index (Phi) is 4.97. The lowest BCUT2D eigenvalue weighted by Gasteiger charge is -2.35. The van der Waals surface area contributed by atoms with Gasteiger partial charge < -0.3 is 9.80 Å². The largest absolute Gasteiger partial charge is 0.335 e. The molecule has 0 spiro atoms. The molecule has 1 saturated heterocycles. The van der Waals surface area contributed by atoms with Gasteiger partial charge in [0, 0.05) is 38.6 Å². The second-order valence-corrected chi connectivity index (χ2v) is 5.98. The van der Waals surface area contributed by atoms with Crippen molar-refractivity contribution in [3.63, 3.8) is 0 Å². The molecule has 0 atom stereocenters. The van der Waals surface area contributed by atoms with Crippen molar-refractivity contribution < 1.29 is 9.59 Å². The summed E-state index contributed by atoms with van der Waals surface area (Å²) in [4.78, 5) is 36.1. The number of carbonyl (C=O) groups is 2. The van der Waals surface area contributed by atoms with Crippen molar-refractivity contribution in [3.05, 3.63) is 58.1 Å². The molecule has 0 N–H and O–H groups in total. The van der Waals surface area contributed by atoms with Gasteiger partial charge in [0.05, 0.1) is 11.1 Å². The average molecular weight is 365 g/mol. The van der Waals surface area contributed by atoms with E-state index in [1.807, 2.05) is 0 Å². The van der Waals surface area contributed by atoms with Gasteiger partial charge >= 0.3 is 0 Å². The standard InChI is InChI=1S/C16H14Cl2N4O2/c17-13-11(3-1-5-19-13)15(23)21-7-9-22(10-8-21)16(24)12-4-2-6-20-14(12)18/h1-6H,7-10H2. The predicted molar refractivity (Wildman–Crippen MR) is 90.3 cm³/mol. The first-order valence-electron chi connectivity index (χ1n) is 7.37. The van der Waals surface area contributed by atoms with Crippen LogP contribution in [0, 0.1) is 0 Å². The summed E-state index contributed by atoms with van der Waals surface area (Å²) in [7, 11) is 0. The fourth-order valence-electron chi connectivity index (χ4n) is 2.54.